The van der Waals surface area contributed by atoms with Gasteiger partial charge in [-0.2, -0.15) is 0 Å². The maximum atomic E-state index is 12.5. The topological polar surface area (TPSA) is 109 Å². The van der Waals surface area contributed by atoms with E-state index in [9.17, 15) is 14.7 Å². The number of likely N-dealkylation sites (N-methyl/N-ethyl adjacent to an activating group) is 1. The minimum Gasteiger partial charge on any atom is -0.479 e. The molecule has 0 spiro atoms. The molecule has 0 radical (unpaired) electrons. The number of nitrogens with two attached hydrogens (primary N) is 1. The van der Waals surface area contributed by atoms with Crippen LogP contribution in [0.1, 0.15) is 42.6 Å². The number of aromatic nitrogens is 2. The fraction of sp³-hybridized carbons (Fsp3) is 0.538. The second kappa shape index (κ2) is 5.44. The summed E-state index contributed by atoms with van der Waals surface area (Å²) in [4.78, 5) is 33.1. The molecule has 1 aliphatic rings. The second-order valence-corrected chi connectivity index (χ2v) is 5.05. The van der Waals surface area contributed by atoms with Crippen molar-refractivity contribution in [2.24, 2.45) is 0 Å². The average molecular weight is 278 g/mol. The first-order chi connectivity index (χ1) is 9.49. The highest BCUT2D eigenvalue weighted by Crippen LogP contribution is 2.34. The molecular formula is C13H18N4O3. The number of rotatable bonds is 3. The second-order valence-electron chi connectivity index (χ2n) is 5.05. The lowest BCUT2D eigenvalue weighted by molar-refractivity contribution is -0.151. The highest BCUT2D eigenvalue weighted by molar-refractivity contribution is 5.99. The first kappa shape index (κ1) is 14.2. The Labute approximate surface area is 116 Å². The standard InChI is InChI=1S/C13H18N4O3/c1-17(11(18)9-10(14)16-8-7-15-9)13(12(19)20)5-3-2-4-6-13/h7-8H,2-6H2,1H3,(H2,14,16)(H,19,20). The van der Waals surface area contributed by atoms with Crippen LogP contribution in [0.25, 0.3) is 0 Å². The minimum absolute atomic E-state index is 0.00111. The van der Waals surface area contributed by atoms with Crippen molar-refractivity contribution in [1.82, 2.24) is 14.9 Å². The van der Waals surface area contributed by atoms with Gasteiger partial charge in [-0.1, -0.05) is 19.3 Å². The number of hydrogen-bond acceptors (Lipinski definition) is 5. The van der Waals surface area contributed by atoms with Crippen LogP contribution in [-0.2, 0) is 4.79 Å². The van der Waals surface area contributed by atoms with Gasteiger partial charge in [0, 0.05) is 19.4 Å². The number of carboxylic acids is 1. The highest BCUT2D eigenvalue weighted by Gasteiger charge is 2.46. The number of nitrogen functional groups attached to an aromatic ring is 1. The van der Waals surface area contributed by atoms with Crippen LogP contribution in [0.4, 0.5) is 5.82 Å². The summed E-state index contributed by atoms with van der Waals surface area (Å²) in [6.07, 6.45) is 6.23. The van der Waals surface area contributed by atoms with Crippen molar-refractivity contribution in [1.29, 1.82) is 0 Å². The molecule has 1 amide bonds. The van der Waals surface area contributed by atoms with Crippen LogP contribution >= 0.6 is 0 Å². The molecule has 0 atom stereocenters. The van der Waals surface area contributed by atoms with E-state index < -0.39 is 17.4 Å². The summed E-state index contributed by atoms with van der Waals surface area (Å²) in [6.45, 7) is 0. The number of anilines is 1. The smallest absolute Gasteiger partial charge is 0.329 e. The molecule has 1 aromatic heterocycles. The molecule has 1 fully saturated rings. The van der Waals surface area contributed by atoms with Crippen molar-refractivity contribution in [3.8, 4) is 0 Å². The van der Waals surface area contributed by atoms with Crippen molar-refractivity contribution in [2.45, 2.75) is 37.6 Å². The molecule has 0 bridgehead atoms. The largest absolute Gasteiger partial charge is 0.479 e. The summed E-state index contributed by atoms with van der Waals surface area (Å²) in [5.41, 5.74) is 4.47. The first-order valence-corrected chi connectivity index (χ1v) is 6.57. The van der Waals surface area contributed by atoms with Gasteiger partial charge in [0.15, 0.2) is 11.5 Å². The lowest BCUT2D eigenvalue weighted by Crippen LogP contribution is -2.56. The number of carboxylic acid groups (broad SMARTS) is 1. The Hall–Kier alpha value is -2.18. The Morgan fingerprint density at radius 3 is 2.40 bits per heavy atom. The molecule has 0 unspecified atom stereocenters. The van der Waals surface area contributed by atoms with Gasteiger partial charge < -0.3 is 15.7 Å². The van der Waals surface area contributed by atoms with Crippen LogP contribution < -0.4 is 5.73 Å². The Bertz CT molecular complexity index is 526. The Morgan fingerprint density at radius 2 is 1.85 bits per heavy atom. The Kier molecular flexibility index (Phi) is 3.87. The van der Waals surface area contributed by atoms with E-state index in [1.165, 1.54) is 24.3 Å². The molecule has 1 saturated carbocycles. The van der Waals surface area contributed by atoms with Crippen molar-refractivity contribution in [3.63, 3.8) is 0 Å². The summed E-state index contributed by atoms with van der Waals surface area (Å²) in [5, 5.41) is 9.56. The molecule has 20 heavy (non-hydrogen) atoms. The quantitative estimate of drug-likeness (QED) is 0.850. The molecule has 2 rings (SSSR count). The SMILES string of the molecule is CN(C(=O)c1nccnc1N)C1(C(=O)O)CCCCC1. The summed E-state index contributed by atoms with van der Waals surface area (Å²) >= 11 is 0. The predicted octanol–water partition coefficient (Wildman–Crippen LogP) is 0.918. The number of aliphatic carboxylic acids is 1. The predicted molar refractivity (Wildman–Crippen MR) is 72.0 cm³/mol. The van der Waals surface area contributed by atoms with E-state index in [2.05, 4.69) is 9.97 Å². The molecule has 3 N–H and O–H groups in total. The molecule has 108 valence electrons. The van der Waals surface area contributed by atoms with Crippen LogP contribution in [0.3, 0.4) is 0 Å². The van der Waals surface area contributed by atoms with E-state index in [1.807, 2.05) is 0 Å². The minimum atomic E-state index is -1.17. The van der Waals surface area contributed by atoms with Gasteiger partial charge in [0.1, 0.15) is 5.54 Å². The van der Waals surface area contributed by atoms with Crippen LogP contribution in [-0.4, -0.2) is 44.4 Å². The van der Waals surface area contributed by atoms with Crippen molar-refractivity contribution < 1.29 is 14.7 Å². The molecule has 1 aliphatic carbocycles. The molecule has 1 aromatic rings. The van der Waals surface area contributed by atoms with Crippen molar-refractivity contribution in [2.75, 3.05) is 12.8 Å². The van der Waals surface area contributed by atoms with Gasteiger partial charge in [0.25, 0.3) is 5.91 Å². The first-order valence-electron chi connectivity index (χ1n) is 6.57. The highest BCUT2D eigenvalue weighted by atomic mass is 16.4. The summed E-state index contributed by atoms with van der Waals surface area (Å²) < 4.78 is 0. The molecular weight excluding hydrogens is 260 g/mol. The van der Waals surface area contributed by atoms with Gasteiger partial charge in [0.2, 0.25) is 0 Å². The molecule has 0 aliphatic heterocycles. The van der Waals surface area contributed by atoms with E-state index in [-0.39, 0.29) is 11.5 Å². The van der Waals surface area contributed by atoms with E-state index in [0.29, 0.717) is 12.8 Å². The van der Waals surface area contributed by atoms with Gasteiger partial charge in [-0.15, -0.1) is 0 Å². The van der Waals surface area contributed by atoms with Crippen LogP contribution in [0.15, 0.2) is 12.4 Å². The number of amides is 1. The fourth-order valence-electron chi connectivity index (χ4n) is 2.70. The number of hydrogen-bond donors (Lipinski definition) is 2. The van der Waals surface area contributed by atoms with Crippen molar-refractivity contribution in [3.05, 3.63) is 18.1 Å². The number of nitrogens with zero attached hydrogens (tertiary/aromatic N) is 3. The Balaban J connectivity index is 2.33. The van der Waals surface area contributed by atoms with E-state index in [1.54, 1.807) is 0 Å². The fourth-order valence-corrected chi connectivity index (χ4v) is 2.70. The normalized spacial score (nSPS) is 17.4. The van der Waals surface area contributed by atoms with Crippen molar-refractivity contribution >= 4 is 17.7 Å². The number of carbonyl (C=O) groups is 2. The third-order valence-corrected chi connectivity index (χ3v) is 3.95. The molecule has 0 aromatic carbocycles. The van der Waals surface area contributed by atoms with Gasteiger partial charge in [-0.3, -0.25) is 4.79 Å². The third kappa shape index (κ3) is 2.31. The van der Waals surface area contributed by atoms with Gasteiger partial charge in [-0.05, 0) is 12.8 Å². The maximum absolute atomic E-state index is 12.5. The lowest BCUT2D eigenvalue weighted by Gasteiger charge is -2.40. The zero-order chi connectivity index (χ0) is 14.8. The van der Waals surface area contributed by atoms with E-state index in [4.69, 9.17) is 5.73 Å². The van der Waals surface area contributed by atoms with Gasteiger partial charge in [0.05, 0.1) is 0 Å². The molecule has 1 heterocycles. The van der Waals surface area contributed by atoms with Crippen LogP contribution in [0.2, 0.25) is 0 Å². The zero-order valence-electron chi connectivity index (χ0n) is 11.4. The number of carbonyl (C=O) groups excluding carboxylic acids is 1. The Morgan fingerprint density at radius 1 is 1.25 bits per heavy atom. The van der Waals surface area contributed by atoms with E-state index in [0.717, 1.165) is 19.3 Å². The molecule has 7 heteroatoms. The average Bonchev–Trinajstić information content (AvgIpc) is 2.47. The maximum Gasteiger partial charge on any atom is 0.329 e. The molecule has 0 saturated heterocycles. The summed E-state index contributed by atoms with van der Waals surface area (Å²) in [7, 11) is 1.50. The molecule has 7 nitrogen and oxygen atoms in total. The van der Waals surface area contributed by atoms with Gasteiger partial charge in [-0.25, -0.2) is 14.8 Å². The van der Waals surface area contributed by atoms with Crippen LogP contribution in [0.5, 0.6) is 0 Å². The summed E-state index contributed by atoms with van der Waals surface area (Å²) in [6, 6.07) is 0. The lowest BCUT2D eigenvalue weighted by atomic mass is 9.80. The van der Waals surface area contributed by atoms with Crippen LogP contribution in [0, 0.1) is 0 Å². The zero-order valence-corrected chi connectivity index (χ0v) is 11.4. The van der Waals surface area contributed by atoms with Gasteiger partial charge >= 0.3 is 5.97 Å². The monoisotopic (exact) mass is 278 g/mol. The van der Waals surface area contributed by atoms with E-state index >= 15 is 0 Å². The third-order valence-electron chi connectivity index (χ3n) is 3.95. The summed E-state index contributed by atoms with van der Waals surface area (Å²) in [5.74, 6) is -1.46.